The predicted molar refractivity (Wildman–Crippen MR) is 87.3 cm³/mol. The second kappa shape index (κ2) is 6.66. The molecule has 0 fully saturated rings. The molecule has 0 unspecified atom stereocenters. The molecule has 0 spiro atoms. The van der Waals surface area contributed by atoms with Gasteiger partial charge in [0.15, 0.2) is 0 Å². The van der Waals surface area contributed by atoms with Crippen LogP contribution in [0.2, 0.25) is 0 Å². The molecule has 0 saturated heterocycles. The largest absolute Gasteiger partial charge is 0.423 e. The molecule has 0 radical (unpaired) electrons. The number of hydrogen-bond acceptors (Lipinski definition) is 4. The predicted octanol–water partition coefficient (Wildman–Crippen LogP) is 3.58. The zero-order valence-corrected chi connectivity index (χ0v) is 12.2. The Morgan fingerprint density at radius 2 is 1.65 bits per heavy atom. The molecule has 23 heavy (non-hydrogen) atoms. The number of esters is 1. The van der Waals surface area contributed by atoms with Crippen LogP contribution in [0.15, 0.2) is 79.0 Å². The van der Waals surface area contributed by atoms with Crippen LogP contribution in [0.5, 0.6) is 5.75 Å². The minimum atomic E-state index is -0.607. The van der Waals surface area contributed by atoms with Gasteiger partial charge in [-0.05, 0) is 41.1 Å². The number of aromatic nitrogens is 1. The van der Waals surface area contributed by atoms with E-state index in [1.165, 1.54) is 6.20 Å². The van der Waals surface area contributed by atoms with Crippen LogP contribution >= 0.6 is 0 Å². The molecular weight excluding hydrogens is 290 g/mol. The molecule has 0 aliphatic rings. The highest BCUT2D eigenvalue weighted by Crippen LogP contribution is 2.20. The zero-order valence-electron chi connectivity index (χ0n) is 12.2. The zero-order chi connectivity index (χ0) is 16.1. The second-order valence-corrected chi connectivity index (χ2v) is 4.84. The van der Waals surface area contributed by atoms with E-state index >= 15 is 0 Å². The van der Waals surface area contributed by atoms with Gasteiger partial charge < -0.3 is 4.74 Å². The van der Waals surface area contributed by atoms with Crippen molar-refractivity contribution < 1.29 is 14.3 Å². The van der Waals surface area contributed by atoms with Crippen molar-refractivity contribution in [2.75, 3.05) is 0 Å². The average Bonchev–Trinajstić information content (AvgIpc) is 2.60. The van der Waals surface area contributed by atoms with E-state index in [2.05, 4.69) is 4.98 Å². The normalized spacial score (nSPS) is 10.8. The van der Waals surface area contributed by atoms with Gasteiger partial charge in [0.2, 0.25) is 5.78 Å². The van der Waals surface area contributed by atoms with E-state index in [1.54, 1.807) is 30.3 Å². The minimum absolute atomic E-state index is 0.280. The van der Waals surface area contributed by atoms with Gasteiger partial charge in [-0.25, -0.2) is 4.79 Å². The third kappa shape index (κ3) is 3.68. The summed E-state index contributed by atoms with van der Waals surface area (Å²) in [6.45, 7) is 0. The molecule has 0 bridgehead atoms. The SMILES string of the molecule is O=C(C=CC(=O)c1ccccn1)Oc1ccc2ccccc2c1. The molecule has 0 saturated carbocycles. The lowest BCUT2D eigenvalue weighted by molar-refractivity contribution is -0.129. The summed E-state index contributed by atoms with van der Waals surface area (Å²) in [6.07, 6.45) is 3.78. The average molecular weight is 303 g/mol. The molecule has 3 rings (SSSR count). The number of nitrogens with zero attached hydrogens (tertiary/aromatic N) is 1. The van der Waals surface area contributed by atoms with Gasteiger partial charge in [-0.15, -0.1) is 0 Å². The second-order valence-electron chi connectivity index (χ2n) is 4.84. The third-order valence-electron chi connectivity index (χ3n) is 3.23. The highest BCUT2D eigenvalue weighted by atomic mass is 16.5. The molecule has 0 N–H and O–H groups in total. The van der Waals surface area contributed by atoms with Crippen molar-refractivity contribution in [3.63, 3.8) is 0 Å². The summed E-state index contributed by atoms with van der Waals surface area (Å²) in [6, 6.07) is 18.2. The van der Waals surface area contributed by atoms with Crippen LogP contribution in [0.1, 0.15) is 10.5 Å². The van der Waals surface area contributed by atoms with Crippen molar-refractivity contribution in [3.05, 3.63) is 84.7 Å². The van der Waals surface area contributed by atoms with Crippen molar-refractivity contribution in [1.82, 2.24) is 4.98 Å². The number of pyridine rings is 1. The first kappa shape index (κ1) is 14.7. The van der Waals surface area contributed by atoms with Gasteiger partial charge in [-0.2, -0.15) is 0 Å². The number of hydrogen-bond donors (Lipinski definition) is 0. The van der Waals surface area contributed by atoms with Gasteiger partial charge in [0, 0.05) is 12.3 Å². The summed E-state index contributed by atoms with van der Waals surface area (Å²) >= 11 is 0. The van der Waals surface area contributed by atoms with Gasteiger partial charge in [0.25, 0.3) is 0 Å². The summed E-state index contributed by atoms with van der Waals surface area (Å²) in [7, 11) is 0. The smallest absolute Gasteiger partial charge is 0.336 e. The van der Waals surface area contributed by atoms with Crippen LogP contribution in [0.4, 0.5) is 0 Å². The fourth-order valence-electron chi connectivity index (χ4n) is 2.12. The Morgan fingerprint density at radius 1 is 0.870 bits per heavy atom. The highest BCUT2D eigenvalue weighted by molar-refractivity contribution is 6.05. The minimum Gasteiger partial charge on any atom is -0.423 e. The van der Waals surface area contributed by atoms with E-state index in [0.717, 1.165) is 22.9 Å². The number of ketones is 1. The first-order valence-corrected chi connectivity index (χ1v) is 7.06. The van der Waals surface area contributed by atoms with Gasteiger partial charge >= 0.3 is 5.97 Å². The molecule has 1 heterocycles. The molecule has 4 heteroatoms. The van der Waals surface area contributed by atoms with Crippen LogP contribution in [0.25, 0.3) is 10.8 Å². The molecule has 0 aliphatic carbocycles. The van der Waals surface area contributed by atoms with E-state index in [9.17, 15) is 9.59 Å². The lowest BCUT2D eigenvalue weighted by atomic mass is 10.1. The molecule has 4 nitrogen and oxygen atoms in total. The van der Waals surface area contributed by atoms with Gasteiger partial charge in [-0.1, -0.05) is 36.4 Å². The number of ether oxygens (including phenoxy) is 1. The molecule has 0 aliphatic heterocycles. The van der Waals surface area contributed by atoms with Crippen molar-refractivity contribution in [1.29, 1.82) is 0 Å². The van der Waals surface area contributed by atoms with E-state index in [0.29, 0.717) is 5.75 Å². The van der Waals surface area contributed by atoms with Crippen molar-refractivity contribution in [2.24, 2.45) is 0 Å². The highest BCUT2D eigenvalue weighted by Gasteiger charge is 2.05. The quantitative estimate of drug-likeness (QED) is 0.320. The maximum atomic E-state index is 11.8. The molecule has 0 atom stereocenters. The molecule has 1 aromatic heterocycles. The summed E-state index contributed by atoms with van der Waals surface area (Å²) in [5.41, 5.74) is 0.280. The summed E-state index contributed by atoms with van der Waals surface area (Å²) in [5.74, 6) is -0.519. The van der Waals surface area contributed by atoms with E-state index < -0.39 is 5.97 Å². The topological polar surface area (TPSA) is 56.3 Å². The molecule has 0 amide bonds. The maximum absolute atomic E-state index is 11.8. The Labute approximate surface area is 133 Å². The fraction of sp³-hybridized carbons (Fsp3) is 0. The van der Waals surface area contributed by atoms with Crippen LogP contribution in [-0.2, 0) is 4.79 Å². The number of carbonyl (C=O) groups excluding carboxylic acids is 2. The fourth-order valence-corrected chi connectivity index (χ4v) is 2.12. The summed E-state index contributed by atoms with van der Waals surface area (Å²) < 4.78 is 5.21. The number of allylic oxidation sites excluding steroid dienone is 1. The molecule has 2 aromatic carbocycles. The van der Waals surface area contributed by atoms with Crippen LogP contribution in [-0.4, -0.2) is 16.7 Å². The Balaban J connectivity index is 1.68. The molecule has 3 aromatic rings. The van der Waals surface area contributed by atoms with Gasteiger partial charge in [0.05, 0.1) is 0 Å². The Kier molecular flexibility index (Phi) is 4.25. The van der Waals surface area contributed by atoms with Crippen LogP contribution < -0.4 is 4.74 Å². The molecule has 112 valence electrons. The Bertz CT molecular complexity index is 885. The number of benzene rings is 2. The number of carbonyl (C=O) groups is 2. The van der Waals surface area contributed by atoms with Crippen LogP contribution in [0, 0.1) is 0 Å². The van der Waals surface area contributed by atoms with E-state index in [-0.39, 0.29) is 11.5 Å². The first-order valence-electron chi connectivity index (χ1n) is 7.06. The van der Waals surface area contributed by atoms with Crippen molar-refractivity contribution in [3.8, 4) is 5.75 Å². The van der Waals surface area contributed by atoms with Crippen molar-refractivity contribution >= 4 is 22.5 Å². The van der Waals surface area contributed by atoms with E-state index in [4.69, 9.17) is 4.74 Å². The van der Waals surface area contributed by atoms with Crippen LogP contribution in [0.3, 0.4) is 0 Å². The van der Waals surface area contributed by atoms with Gasteiger partial charge in [-0.3, -0.25) is 9.78 Å². The Hall–Kier alpha value is -3.27. The Morgan fingerprint density at radius 3 is 2.43 bits per heavy atom. The number of fused-ring (bicyclic) bond motifs is 1. The van der Waals surface area contributed by atoms with Crippen molar-refractivity contribution in [2.45, 2.75) is 0 Å². The monoisotopic (exact) mass is 303 g/mol. The lowest BCUT2D eigenvalue weighted by Crippen LogP contribution is -2.05. The van der Waals surface area contributed by atoms with Gasteiger partial charge in [0.1, 0.15) is 11.4 Å². The summed E-state index contributed by atoms with van der Waals surface area (Å²) in [4.78, 5) is 27.5. The maximum Gasteiger partial charge on any atom is 0.336 e. The molecular formula is C19H13NO3. The van der Waals surface area contributed by atoms with E-state index in [1.807, 2.05) is 30.3 Å². The lowest BCUT2D eigenvalue weighted by Gasteiger charge is -2.03. The standard InChI is InChI=1S/C19H13NO3/c21-18(17-7-3-4-12-20-17)10-11-19(22)23-16-9-8-14-5-1-2-6-15(14)13-16/h1-13H. The summed E-state index contributed by atoms with van der Waals surface area (Å²) in [5, 5.41) is 2.04. The first-order chi connectivity index (χ1) is 11.2. The third-order valence-corrected chi connectivity index (χ3v) is 3.23. The number of rotatable bonds is 4.